The lowest BCUT2D eigenvalue weighted by molar-refractivity contribution is -0.150. The van der Waals surface area contributed by atoms with Crippen LogP contribution >= 0.6 is 11.6 Å². The van der Waals surface area contributed by atoms with E-state index in [0.29, 0.717) is 22.9 Å². The van der Waals surface area contributed by atoms with Crippen molar-refractivity contribution in [3.05, 3.63) is 78.3 Å². The molecule has 0 aromatic carbocycles. The van der Waals surface area contributed by atoms with Gasteiger partial charge in [-0.3, -0.25) is 33.3 Å². The van der Waals surface area contributed by atoms with Crippen molar-refractivity contribution in [2.75, 3.05) is 83.0 Å². The third-order valence-corrected chi connectivity index (χ3v) is 17.6. The van der Waals surface area contributed by atoms with Crippen LogP contribution < -0.4 is 39.5 Å². The monoisotopic (exact) mass is 1690 g/mol. The van der Waals surface area contributed by atoms with Crippen molar-refractivity contribution < 1.29 is 128 Å². The number of aliphatic imine (C=N–C) groups is 1. The van der Waals surface area contributed by atoms with Crippen LogP contribution in [-0.4, -0.2) is 340 Å². The van der Waals surface area contributed by atoms with Crippen LogP contribution in [0.4, 0.5) is 29.2 Å². The van der Waals surface area contributed by atoms with Crippen molar-refractivity contribution in [2.24, 2.45) is 22.5 Å². The van der Waals surface area contributed by atoms with Gasteiger partial charge in [0.15, 0.2) is 82.2 Å². The van der Waals surface area contributed by atoms with Crippen LogP contribution in [0.2, 0.25) is 5.28 Å². The predicted octanol–water partition coefficient (Wildman–Crippen LogP) is -7.81. The second kappa shape index (κ2) is 40.8. The second-order valence-corrected chi connectivity index (χ2v) is 25.0. The van der Waals surface area contributed by atoms with E-state index in [2.05, 4.69) is 96.2 Å². The van der Waals surface area contributed by atoms with Crippen molar-refractivity contribution in [3.8, 4) is 11.9 Å². The smallest absolute Gasteiger partial charge is 0.342 e. The Morgan fingerprint density at radius 1 is 0.538 bits per heavy atom. The minimum absolute atomic E-state index is 0.0579. The average Bonchev–Trinajstić information content (AvgIpc) is 1.69. The molecule has 10 aromatic heterocycles. The molecule has 642 valence electrons. The summed E-state index contributed by atoms with van der Waals surface area (Å²) in [5.41, 5.74) is 26.2. The molecule has 119 heavy (non-hydrogen) atoms. The van der Waals surface area contributed by atoms with Gasteiger partial charge >= 0.3 is 17.9 Å². The molecule has 14 rings (SSSR count). The number of rotatable bonds is 22. The topological polar surface area (TPSA) is 807 Å². The van der Waals surface area contributed by atoms with Crippen LogP contribution in [0.15, 0.2) is 66.9 Å². The Kier molecular flexibility index (Phi) is 31.1. The number of aldehydes is 2. The van der Waals surface area contributed by atoms with E-state index in [1.54, 1.807) is 20.8 Å². The van der Waals surface area contributed by atoms with Crippen LogP contribution in [0.3, 0.4) is 0 Å². The molecule has 4 aliphatic heterocycles. The van der Waals surface area contributed by atoms with Gasteiger partial charge in [0.2, 0.25) is 11.2 Å². The van der Waals surface area contributed by atoms with E-state index in [1.807, 2.05) is 0 Å². The zero-order chi connectivity index (χ0) is 87.0. The quantitative estimate of drug-likeness (QED) is 0.00286. The fourth-order valence-corrected chi connectivity index (χ4v) is 11.7. The number of carbonyl (C=O) groups excluding carboxylic acids is 6. The summed E-state index contributed by atoms with van der Waals surface area (Å²) in [7, 11) is 3.00. The van der Waals surface area contributed by atoms with Crippen molar-refractivity contribution in [1.29, 1.82) is 0 Å². The number of nitrogens with zero attached hydrogens (tertiary/aromatic N) is 21. The molecule has 4 aliphatic rings. The Hall–Kier alpha value is -12.2. The van der Waals surface area contributed by atoms with E-state index in [1.165, 1.54) is 91.8 Å². The first-order chi connectivity index (χ1) is 57.1. The third kappa shape index (κ3) is 19.5. The molecule has 14 heterocycles. The van der Waals surface area contributed by atoms with Gasteiger partial charge < -0.3 is 137 Å². The summed E-state index contributed by atoms with van der Waals surface area (Å²) in [4.78, 5) is 120. The number of nitrogens with two attached hydrogens (primary N) is 5. The number of hydrogen-bond acceptors (Lipinski definition) is 47. The number of fused-ring (bicyclic) bond motifs is 4. The Morgan fingerprint density at radius 2 is 0.924 bits per heavy atom. The molecule has 0 bridgehead atoms. The maximum atomic E-state index is 12.1. The van der Waals surface area contributed by atoms with Crippen molar-refractivity contribution >= 4 is 128 Å². The van der Waals surface area contributed by atoms with E-state index in [4.69, 9.17) is 73.3 Å². The van der Waals surface area contributed by atoms with Crippen LogP contribution in [-0.2, 0) is 52.3 Å². The number of halogens is 1. The van der Waals surface area contributed by atoms with Gasteiger partial charge in [-0.1, -0.05) is 0 Å². The zero-order valence-corrected chi connectivity index (χ0v) is 63.7. The summed E-state index contributed by atoms with van der Waals surface area (Å²) in [6.07, 6.45) is -5.42. The van der Waals surface area contributed by atoms with Gasteiger partial charge in [-0.25, -0.2) is 49.7 Å². The van der Waals surface area contributed by atoms with Crippen LogP contribution in [0, 0.1) is 5.92 Å². The number of nitrogen functional groups attached to an aromatic ring is 4. The molecular formula is C64H83ClN28O26. The van der Waals surface area contributed by atoms with Crippen LogP contribution in [0.5, 0.6) is 0 Å². The maximum absolute atomic E-state index is 12.1. The van der Waals surface area contributed by atoms with Gasteiger partial charge in [-0.05, 0) is 39.4 Å². The highest BCUT2D eigenvalue weighted by Crippen LogP contribution is 2.37. The standard InChI is InChI=1S/C22H25N7O9.C15H18N8O5.C10H12ClN5O4.C10H15N7O4.C6H8O4.CH5N/c1-3-36-20(34)11-6-25-29(7-11)22-26-17(23-5-12(8-30)21(35)37-4-2)14-18(27-22)28(10-24-14)19-16(33)15(32)13(9-31)38-19;1-17-13(27)6-2-19-23(3-6)15-20-11(16)8-12(21-15)22(5-18-8)14-10(26)9(25)7(4-24)28-14;11-10-14-7(12)4-8(15-10)16(2-13-4)9-6(19)5(18)3(1-17)20-9;11-7-4-8(15-10(14-7)16-12)17(2-13-4)9-6(20)5(19)3(1-18)21-9;1-2-10-6(9)5(3-7)4-8;1-2/h5-8,10,13,15-16,19,30-33H,3-4,9H2,1-2H3;2-3,5,7,9-10,14,24-26H,4H2,1H3,(H,17,27)(H2,16,20,21);2-3,5-6,9,17-19H,1H2,(H2,12,14,15);2-3,5-6,9,18-20H,1,12H2,(H3,11,14,15,16);3-5H,2H2,1H3;2H2,1H3/t13-,15-,16-,19-;7-,9-,10-,14-;2*3-,5-,6-,9-;;/m1111../s1. The molecule has 0 spiro atoms. The van der Waals surface area contributed by atoms with E-state index < -0.39 is 148 Å². The van der Waals surface area contributed by atoms with E-state index in [-0.39, 0.29) is 129 Å². The Bertz CT molecular complexity index is 5230. The second-order valence-electron chi connectivity index (χ2n) is 24.7. The van der Waals surface area contributed by atoms with Gasteiger partial charge in [0.05, 0.1) is 101 Å². The Morgan fingerprint density at radius 3 is 1.33 bits per heavy atom. The summed E-state index contributed by atoms with van der Waals surface area (Å²) in [6.45, 7) is 3.44. The van der Waals surface area contributed by atoms with Gasteiger partial charge in [-0.2, -0.15) is 50.1 Å². The van der Waals surface area contributed by atoms with Gasteiger partial charge in [-0.15, -0.1) is 0 Å². The molecule has 54 nitrogen and oxygen atoms in total. The maximum Gasteiger partial charge on any atom is 0.342 e. The van der Waals surface area contributed by atoms with Crippen molar-refractivity contribution in [1.82, 2.24) is 103 Å². The molecule has 16 atom stereocenters. The number of aromatic nitrogens is 20. The first kappa shape index (κ1) is 90.7. The largest absolute Gasteiger partial charge is 0.515 e. The molecule has 55 heteroatoms. The molecule has 0 saturated carbocycles. The first-order valence-corrected chi connectivity index (χ1v) is 35.6. The molecule has 0 unspecified atom stereocenters. The molecular weight excluding hydrogens is 1610 g/mol. The van der Waals surface area contributed by atoms with Crippen LogP contribution in [0.25, 0.3) is 56.6 Å². The highest BCUT2D eigenvalue weighted by atomic mass is 35.5. The fourth-order valence-electron chi connectivity index (χ4n) is 11.5. The minimum Gasteiger partial charge on any atom is -0.515 e. The number of nitrogens with one attached hydrogen (secondary N) is 2. The molecule has 4 saturated heterocycles. The number of esters is 3. The molecule has 1 amide bonds. The van der Waals surface area contributed by atoms with Gasteiger partial charge in [0.25, 0.3) is 17.8 Å². The van der Waals surface area contributed by atoms with E-state index in [0.717, 1.165) is 6.21 Å². The average molecular weight is 1700 g/mol. The number of ether oxygens (including phenoxy) is 7. The lowest BCUT2D eigenvalue weighted by Gasteiger charge is -2.16. The van der Waals surface area contributed by atoms with Gasteiger partial charge in [0, 0.05) is 25.7 Å². The fraction of sp³-hybridized carbons (Fsp3) is 0.453. The predicted molar refractivity (Wildman–Crippen MR) is 401 cm³/mol. The van der Waals surface area contributed by atoms with Crippen molar-refractivity contribution in [2.45, 2.75) is 119 Å². The number of aliphatic hydroxyl groups is 13. The normalized spacial score (nSPS) is 23.8. The minimum atomic E-state index is -1.43. The van der Waals surface area contributed by atoms with E-state index in [9.17, 15) is 84.9 Å². The molecule has 0 radical (unpaired) electrons. The summed E-state index contributed by atoms with van der Waals surface area (Å²) in [5, 5.41) is 137. The summed E-state index contributed by atoms with van der Waals surface area (Å²) >= 11 is 5.74. The van der Waals surface area contributed by atoms with E-state index >= 15 is 0 Å². The SMILES string of the molecule is CCOC(=O)C(C=Nc1nc(-n2cc(C(=O)OCC)cn2)nc2c1ncn2[C@@H]1O[C@H](CO)[C@@H](O)[C@H]1O)=CO.CCOC(=O)C(C=O)C=O.CN.CNC(=O)c1cnn(-c2nc(N)c3ncn([C@@H]4O[C@H](CO)[C@@H](O)[C@H]4O)c3n2)c1.NNc1nc(N)c2ncn([C@@H]3O[C@H](CO)[C@@H](O)[C@H]3O)c2n1.Nc1nc(Cl)nc2c1ncn2[C@@H]1O[C@H](CO)[C@@H](O)[C@H]1O. The first-order valence-electron chi connectivity index (χ1n) is 35.2. The lowest BCUT2D eigenvalue weighted by atomic mass is 10.1. The summed E-state index contributed by atoms with van der Waals surface area (Å²) < 4.78 is 44.1. The molecule has 0 aliphatic carbocycles. The molecule has 10 aromatic rings. The lowest BCUT2D eigenvalue weighted by Crippen LogP contribution is -2.33. The summed E-state index contributed by atoms with van der Waals surface area (Å²) in [6, 6.07) is 0. The summed E-state index contributed by atoms with van der Waals surface area (Å²) in [5.74, 6) is 1.73. The molecule has 25 N–H and O–H groups in total. The van der Waals surface area contributed by atoms with Crippen molar-refractivity contribution in [3.63, 3.8) is 0 Å². The highest BCUT2D eigenvalue weighted by molar-refractivity contribution is 6.28. The number of hydrazine groups is 1. The third-order valence-electron chi connectivity index (χ3n) is 17.4. The Labute approximate surface area is 671 Å². The number of carbonyl (C=O) groups is 6. The highest BCUT2D eigenvalue weighted by Gasteiger charge is 2.48. The molecule has 4 fully saturated rings. The zero-order valence-electron chi connectivity index (χ0n) is 63.0. The van der Waals surface area contributed by atoms with Gasteiger partial charge in [0.1, 0.15) is 108 Å². The number of imidazole rings is 4. The Balaban J connectivity index is 0.000000177. The number of anilines is 4. The number of amides is 1. The number of aliphatic hydroxyl groups excluding tert-OH is 13. The number of hydrogen-bond donors (Lipinski definition) is 20. The van der Waals surface area contributed by atoms with Crippen LogP contribution in [0.1, 0.15) is 66.4 Å².